The van der Waals surface area contributed by atoms with Crippen LogP contribution in [0.2, 0.25) is 0 Å². The maximum absolute atomic E-state index is 12.5. The molecule has 88 valence electrons. The molecule has 0 unspecified atom stereocenters. The van der Waals surface area contributed by atoms with Crippen LogP contribution >= 0.6 is 0 Å². The number of alkyl halides is 2. The van der Waals surface area contributed by atoms with Crippen molar-refractivity contribution in [3.8, 4) is 0 Å². The maximum Gasteiger partial charge on any atom is 0.310 e. The van der Waals surface area contributed by atoms with Gasteiger partial charge in [-0.25, -0.2) is 13.8 Å². The van der Waals surface area contributed by atoms with Crippen molar-refractivity contribution in [3.05, 3.63) is 23.0 Å². The van der Waals surface area contributed by atoms with E-state index >= 15 is 0 Å². The monoisotopic (exact) mass is 230 g/mol. The SMILES string of the molecule is COC(=O)Cc1cc(C(F)F)nc(C)c1N. The van der Waals surface area contributed by atoms with Crippen molar-refractivity contribution < 1.29 is 18.3 Å². The number of nitrogen functional groups attached to an aromatic ring is 1. The molecule has 0 atom stereocenters. The number of hydrogen-bond donors (Lipinski definition) is 1. The third-order valence-electron chi connectivity index (χ3n) is 2.14. The third kappa shape index (κ3) is 2.65. The van der Waals surface area contributed by atoms with E-state index in [1.807, 2.05) is 0 Å². The van der Waals surface area contributed by atoms with Gasteiger partial charge in [-0.1, -0.05) is 0 Å². The van der Waals surface area contributed by atoms with Gasteiger partial charge in [-0.3, -0.25) is 4.79 Å². The minimum Gasteiger partial charge on any atom is -0.469 e. The number of anilines is 1. The molecule has 1 aromatic heterocycles. The first-order chi connectivity index (χ1) is 7.45. The number of carbonyl (C=O) groups excluding carboxylic acids is 1. The lowest BCUT2D eigenvalue weighted by Crippen LogP contribution is -2.10. The van der Waals surface area contributed by atoms with Gasteiger partial charge in [-0.05, 0) is 18.6 Å². The number of nitrogens with zero attached hydrogens (tertiary/aromatic N) is 1. The molecule has 6 heteroatoms. The molecule has 0 spiro atoms. The molecule has 0 saturated carbocycles. The van der Waals surface area contributed by atoms with Gasteiger partial charge in [0.25, 0.3) is 6.43 Å². The van der Waals surface area contributed by atoms with Gasteiger partial charge in [0.2, 0.25) is 0 Å². The Morgan fingerprint density at radius 3 is 2.75 bits per heavy atom. The molecule has 1 heterocycles. The number of aromatic nitrogens is 1. The number of methoxy groups -OCH3 is 1. The van der Waals surface area contributed by atoms with Crippen LogP contribution in [0.3, 0.4) is 0 Å². The van der Waals surface area contributed by atoms with E-state index in [2.05, 4.69) is 9.72 Å². The van der Waals surface area contributed by atoms with Gasteiger partial charge >= 0.3 is 5.97 Å². The zero-order chi connectivity index (χ0) is 12.3. The first kappa shape index (κ1) is 12.4. The Bertz CT molecular complexity index is 408. The third-order valence-corrected chi connectivity index (χ3v) is 2.14. The van der Waals surface area contributed by atoms with Crippen LogP contribution in [0, 0.1) is 6.92 Å². The van der Waals surface area contributed by atoms with Crippen LogP contribution in [0.1, 0.15) is 23.4 Å². The van der Waals surface area contributed by atoms with Crippen LogP contribution in [0.15, 0.2) is 6.07 Å². The lowest BCUT2D eigenvalue weighted by molar-refractivity contribution is -0.139. The molecule has 2 N–H and O–H groups in total. The summed E-state index contributed by atoms with van der Waals surface area (Å²) >= 11 is 0. The van der Waals surface area contributed by atoms with Gasteiger partial charge in [0.05, 0.1) is 24.9 Å². The first-order valence-electron chi connectivity index (χ1n) is 4.56. The van der Waals surface area contributed by atoms with E-state index in [9.17, 15) is 13.6 Å². The maximum atomic E-state index is 12.5. The Morgan fingerprint density at radius 1 is 1.62 bits per heavy atom. The van der Waals surface area contributed by atoms with E-state index in [4.69, 9.17) is 5.73 Å². The zero-order valence-electron chi connectivity index (χ0n) is 8.96. The van der Waals surface area contributed by atoms with Crippen LogP contribution in [0.5, 0.6) is 0 Å². The van der Waals surface area contributed by atoms with Crippen LogP contribution in [0.4, 0.5) is 14.5 Å². The van der Waals surface area contributed by atoms with Gasteiger partial charge in [0.15, 0.2) is 0 Å². The number of ether oxygens (including phenoxy) is 1. The Labute approximate surface area is 91.4 Å². The summed E-state index contributed by atoms with van der Waals surface area (Å²) in [4.78, 5) is 14.7. The Balaban J connectivity index is 3.11. The minimum atomic E-state index is -2.68. The molecule has 1 aromatic rings. The highest BCUT2D eigenvalue weighted by molar-refractivity contribution is 5.75. The summed E-state index contributed by atoms with van der Waals surface area (Å²) in [6.45, 7) is 1.52. The molecule has 0 bridgehead atoms. The lowest BCUT2D eigenvalue weighted by Gasteiger charge is -2.09. The van der Waals surface area contributed by atoms with Gasteiger partial charge < -0.3 is 10.5 Å². The number of pyridine rings is 1. The normalized spacial score (nSPS) is 10.6. The number of esters is 1. The summed E-state index contributed by atoms with van der Waals surface area (Å²) < 4.78 is 29.4. The number of rotatable bonds is 3. The highest BCUT2D eigenvalue weighted by Gasteiger charge is 2.15. The van der Waals surface area contributed by atoms with Gasteiger partial charge in [-0.15, -0.1) is 0 Å². The molecule has 0 aliphatic carbocycles. The summed E-state index contributed by atoms with van der Waals surface area (Å²) in [5.41, 5.74) is 6.10. The summed E-state index contributed by atoms with van der Waals surface area (Å²) in [7, 11) is 1.22. The standard InChI is InChI=1S/C10H12F2N2O2/c1-5-9(13)6(4-8(15)16-2)3-7(14-5)10(11)12/h3,10H,4,13H2,1-2H3. The number of hydrogen-bond acceptors (Lipinski definition) is 4. The van der Waals surface area contributed by atoms with Gasteiger partial charge in [0.1, 0.15) is 5.69 Å². The number of halogens is 2. The predicted molar refractivity (Wildman–Crippen MR) is 54.1 cm³/mol. The molecule has 1 rings (SSSR count). The van der Waals surface area contributed by atoms with Gasteiger partial charge in [-0.2, -0.15) is 0 Å². The molecule has 0 aliphatic heterocycles. The second-order valence-electron chi connectivity index (χ2n) is 3.26. The van der Waals surface area contributed by atoms with Crippen LogP contribution in [-0.4, -0.2) is 18.1 Å². The van der Waals surface area contributed by atoms with E-state index in [0.717, 1.165) is 6.07 Å². The highest BCUT2D eigenvalue weighted by atomic mass is 19.3. The second-order valence-corrected chi connectivity index (χ2v) is 3.26. The van der Waals surface area contributed by atoms with Crippen molar-refractivity contribution >= 4 is 11.7 Å². The number of carbonyl (C=O) groups is 1. The van der Waals surface area contributed by atoms with Crippen molar-refractivity contribution in [2.75, 3.05) is 12.8 Å². The molecule has 0 fully saturated rings. The highest BCUT2D eigenvalue weighted by Crippen LogP contribution is 2.23. The van der Waals surface area contributed by atoms with Crippen molar-refractivity contribution in [2.45, 2.75) is 19.8 Å². The molecule has 0 aliphatic rings. The molecular formula is C10H12F2N2O2. The van der Waals surface area contributed by atoms with Crippen molar-refractivity contribution in [1.29, 1.82) is 0 Å². The van der Waals surface area contributed by atoms with Gasteiger partial charge in [0, 0.05) is 0 Å². The topological polar surface area (TPSA) is 65.2 Å². The summed E-state index contributed by atoms with van der Waals surface area (Å²) in [6.07, 6.45) is -2.82. The Hall–Kier alpha value is -1.72. The number of aryl methyl sites for hydroxylation is 1. The van der Waals surface area contributed by atoms with E-state index in [-0.39, 0.29) is 23.5 Å². The first-order valence-corrected chi connectivity index (χ1v) is 4.56. The van der Waals surface area contributed by atoms with Crippen molar-refractivity contribution in [3.63, 3.8) is 0 Å². The minimum absolute atomic E-state index is 0.134. The molecule has 0 radical (unpaired) electrons. The average molecular weight is 230 g/mol. The number of nitrogens with two attached hydrogens (primary N) is 1. The largest absolute Gasteiger partial charge is 0.469 e. The fourth-order valence-electron chi connectivity index (χ4n) is 1.26. The zero-order valence-corrected chi connectivity index (χ0v) is 8.96. The van der Waals surface area contributed by atoms with E-state index in [0.29, 0.717) is 5.56 Å². The smallest absolute Gasteiger partial charge is 0.310 e. The van der Waals surface area contributed by atoms with Crippen LogP contribution in [0.25, 0.3) is 0 Å². The average Bonchev–Trinajstić information content (AvgIpc) is 2.23. The fourth-order valence-corrected chi connectivity index (χ4v) is 1.26. The summed E-state index contributed by atoms with van der Waals surface area (Å²) in [6, 6.07) is 1.13. The molecule has 0 aromatic carbocycles. The molecule has 0 saturated heterocycles. The van der Waals surface area contributed by atoms with Crippen LogP contribution in [-0.2, 0) is 16.0 Å². The molecule has 0 amide bonds. The fraction of sp³-hybridized carbons (Fsp3) is 0.400. The summed E-state index contributed by atoms with van der Waals surface area (Å²) in [5.74, 6) is -0.530. The molecule has 16 heavy (non-hydrogen) atoms. The van der Waals surface area contributed by atoms with Crippen LogP contribution < -0.4 is 5.73 Å². The van der Waals surface area contributed by atoms with E-state index < -0.39 is 12.4 Å². The lowest BCUT2D eigenvalue weighted by atomic mass is 10.1. The van der Waals surface area contributed by atoms with E-state index in [1.54, 1.807) is 0 Å². The van der Waals surface area contributed by atoms with Crippen molar-refractivity contribution in [2.24, 2.45) is 0 Å². The molecular weight excluding hydrogens is 218 g/mol. The predicted octanol–water partition coefficient (Wildman–Crippen LogP) is 1.63. The second kappa shape index (κ2) is 4.87. The Kier molecular flexibility index (Phi) is 3.76. The van der Waals surface area contributed by atoms with E-state index in [1.165, 1.54) is 14.0 Å². The molecule has 4 nitrogen and oxygen atoms in total. The summed E-state index contributed by atoms with van der Waals surface area (Å²) in [5, 5.41) is 0. The van der Waals surface area contributed by atoms with Crippen molar-refractivity contribution in [1.82, 2.24) is 4.98 Å². The quantitative estimate of drug-likeness (QED) is 0.801. The Morgan fingerprint density at radius 2 is 2.25 bits per heavy atom.